The highest BCUT2D eigenvalue weighted by atomic mass is 31.2. The lowest BCUT2D eigenvalue weighted by Crippen LogP contribution is -2.37. The third-order valence-corrected chi connectivity index (χ3v) is 11.2. The average Bonchev–Trinajstić information content (AvgIpc) is 3.12. The lowest BCUT2D eigenvalue weighted by atomic mass is 10.0. The van der Waals surface area contributed by atoms with Gasteiger partial charge in [-0.3, -0.25) is 13.8 Å². The largest absolute Gasteiger partial charge is 0.498 e. The Balaban J connectivity index is 4.21. The summed E-state index contributed by atoms with van der Waals surface area (Å²) in [5.74, 6) is -0.331. The molecule has 54 heavy (non-hydrogen) atoms. The maximum absolute atomic E-state index is 12.7. The number of nitrogens with zero attached hydrogens (tertiary/aromatic N) is 1. The molecule has 0 saturated heterocycles. The lowest BCUT2D eigenvalue weighted by Gasteiger charge is -2.24. The predicted molar refractivity (Wildman–Crippen MR) is 229 cm³/mol. The van der Waals surface area contributed by atoms with Crippen molar-refractivity contribution in [1.82, 2.24) is 0 Å². The van der Waals surface area contributed by atoms with Crippen molar-refractivity contribution in [3.63, 3.8) is 0 Å². The van der Waals surface area contributed by atoms with Gasteiger partial charge in [-0.2, -0.15) is 0 Å². The summed E-state index contributed by atoms with van der Waals surface area (Å²) in [7, 11) is 1.65. The number of likely N-dealkylation sites (N-methyl/N-ethyl adjacent to an activating group) is 1. The van der Waals surface area contributed by atoms with Gasteiger partial charge in [0.1, 0.15) is 19.8 Å². The van der Waals surface area contributed by atoms with Gasteiger partial charge in [-0.25, -0.2) is 4.57 Å². The fourth-order valence-electron chi connectivity index (χ4n) is 6.58. The lowest BCUT2D eigenvalue weighted by molar-refractivity contribution is -0.870. The van der Waals surface area contributed by atoms with E-state index in [0.29, 0.717) is 17.4 Å². The number of carbonyl (C=O) groups excluding carboxylic acids is 1. The number of carbonyl (C=O) groups is 1. The molecule has 0 saturated carbocycles. The first kappa shape index (κ1) is 53.1. The van der Waals surface area contributed by atoms with Crippen LogP contribution in [0.2, 0.25) is 0 Å². The molecule has 322 valence electrons. The quantitative estimate of drug-likeness (QED) is 0.0216. The number of quaternary nitrogens is 1. The molecule has 0 rings (SSSR count). The van der Waals surface area contributed by atoms with Gasteiger partial charge in [0, 0.05) is 6.42 Å². The highest BCUT2D eigenvalue weighted by molar-refractivity contribution is 7.47. The molecular formula is C45H91NO7P+. The Morgan fingerprint density at radius 3 is 1.37 bits per heavy atom. The van der Waals surface area contributed by atoms with Crippen LogP contribution in [0.3, 0.4) is 0 Å². The standard InChI is InChI=1S/C45H90NO7P/c1-6-8-10-12-14-16-18-20-22-23-24-25-27-29-31-33-35-37-40-50-42-44(43-52-54(48,49)51-41-39-46(3,4)5)53-45(47)38-36-34-32-30-28-26-21-19-17-15-13-11-9-7-2/h37,40,44H,6-36,38-39,41-43H2,1-5H3/p+1/b40-37+/t44-/m1/s1. The molecule has 1 N–H and O–H groups in total. The van der Waals surface area contributed by atoms with Crippen molar-refractivity contribution in [3.05, 3.63) is 12.3 Å². The van der Waals surface area contributed by atoms with E-state index in [1.54, 1.807) is 6.26 Å². The zero-order chi connectivity index (χ0) is 39.9. The van der Waals surface area contributed by atoms with E-state index in [1.807, 2.05) is 27.2 Å². The van der Waals surface area contributed by atoms with E-state index in [1.165, 1.54) is 167 Å². The predicted octanol–water partition coefficient (Wildman–Crippen LogP) is 13.8. The number of rotatable bonds is 43. The molecule has 0 aliphatic rings. The first-order valence-corrected chi connectivity index (χ1v) is 24.5. The molecule has 0 aliphatic heterocycles. The van der Waals surface area contributed by atoms with Crippen molar-refractivity contribution in [2.24, 2.45) is 0 Å². The number of hydrogen-bond donors (Lipinski definition) is 1. The second kappa shape index (κ2) is 38.9. The minimum absolute atomic E-state index is 0.0544. The Hall–Kier alpha value is -0.920. The normalized spacial score (nSPS) is 13.7. The van der Waals surface area contributed by atoms with Gasteiger partial charge in [-0.05, 0) is 25.3 Å². The SMILES string of the molecule is CCCCCCCCCCCCCCCCCC/C=C/OC[C@H](COP(=O)(O)OCC[N+](C)(C)C)OC(=O)CCCCCCCCCCCCCCCC. The van der Waals surface area contributed by atoms with E-state index >= 15 is 0 Å². The molecule has 2 atom stereocenters. The van der Waals surface area contributed by atoms with Crippen LogP contribution in [0, 0.1) is 0 Å². The summed E-state index contributed by atoms with van der Waals surface area (Å²) in [6.45, 7) is 4.97. The molecule has 0 aromatic heterocycles. The van der Waals surface area contributed by atoms with Crippen molar-refractivity contribution >= 4 is 13.8 Å². The molecule has 0 aliphatic carbocycles. The molecule has 0 bridgehead atoms. The van der Waals surface area contributed by atoms with Gasteiger partial charge in [0.25, 0.3) is 0 Å². The average molecular weight is 789 g/mol. The first-order valence-electron chi connectivity index (χ1n) is 23.0. The number of hydrogen-bond acceptors (Lipinski definition) is 6. The fourth-order valence-corrected chi connectivity index (χ4v) is 7.32. The molecule has 0 aromatic carbocycles. The number of allylic oxidation sites excluding steroid dienone is 1. The van der Waals surface area contributed by atoms with Crippen molar-refractivity contribution < 1.29 is 37.3 Å². The summed E-state index contributed by atoms with van der Waals surface area (Å²) in [6.07, 6.45) is 43.4. The highest BCUT2D eigenvalue weighted by Crippen LogP contribution is 2.43. The Morgan fingerprint density at radius 1 is 0.574 bits per heavy atom. The van der Waals surface area contributed by atoms with Crippen LogP contribution in [0.25, 0.3) is 0 Å². The van der Waals surface area contributed by atoms with Gasteiger partial charge >= 0.3 is 13.8 Å². The number of ether oxygens (including phenoxy) is 2. The fraction of sp³-hybridized carbons (Fsp3) is 0.933. The molecule has 0 fully saturated rings. The van der Waals surface area contributed by atoms with Crippen molar-refractivity contribution in [3.8, 4) is 0 Å². The van der Waals surface area contributed by atoms with Crippen molar-refractivity contribution in [2.75, 3.05) is 47.5 Å². The third kappa shape index (κ3) is 42.2. The second-order valence-electron chi connectivity index (χ2n) is 16.9. The first-order chi connectivity index (χ1) is 26.1. The molecular weight excluding hydrogens is 697 g/mol. The molecule has 1 unspecified atom stereocenters. The summed E-state index contributed by atoms with van der Waals surface area (Å²) >= 11 is 0. The zero-order valence-corrected chi connectivity index (χ0v) is 37.4. The number of phosphoric ester groups is 1. The Labute approximate surface area is 335 Å². The van der Waals surface area contributed by atoms with E-state index in [2.05, 4.69) is 13.8 Å². The number of phosphoric acid groups is 1. The van der Waals surface area contributed by atoms with E-state index in [4.69, 9.17) is 18.5 Å². The van der Waals surface area contributed by atoms with Crippen LogP contribution in [0.4, 0.5) is 0 Å². The summed E-state index contributed by atoms with van der Waals surface area (Å²) in [4.78, 5) is 22.9. The summed E-state index contributed by atoms with van der Waals surface area (Å²) < 4.78 is 34.8. The Morgan fingerprint density at radius 2 is 0.963 bits per heavy atom. The zero-order valence-electron chi connectivity index (χ0n) is 36.5. The van der Waals surface area contributed by atoms with Gasteiger partial charge < -0.3 is 18.9 Å². The van der Waals surface area contributed by atoms with Crippen LogP contribution < -0.4 is 0 Å². The van der Waals surface area contributed by atoms with Crippen molar-refractivity contribution in [1.29, 1.82) is 0 Å². The maximum Gasteiger partial charge on any atom is 0.472 e. The van der Waals surface area contributed by atoms with Gasteiger partial charge in [-0.15, -0.1) is 0 Å². The topological polar surface area (TPSA) is 91.3 Å². The second-order valence-corrected chi connectivity index (χ2v) is 18.3. The molecule has 0 amide bonds. The summed E-state index contributed by atoms with van der Waals surface area (Å²) in [6, 6.07) is 0. The van der Waals surface area contributed by atoms with Crippen molar-refractivity contribution in [2.45, 2.75) is 225 Å². The van der Waals surface area contributed by atoms with Crippen LogP contribution in [0.1, 0.15) is 219 Å². The molecule has 8 nitrogen and oxygen atoms in total. The van der Waals surface area contributed by atoms with Gasteiger partial charge in [0.15, 0.2) is 6.10 Å². The van der Waals surface area contributed by atoms with Gasteiger partial charge in [-0.1, -0.05) is 194 Å². The summed E-state index contributed by atoms with van der Waals surface area (Å²) in [5.41, 5.74) is 0. The Bertz CT molecular complexity index is 879. The summed E-state index contributed by atoms with van der Waals surface area (Å²) in [5, 5.41) is 0. The smallest absolute Gasteiger partial charge is 0.472 e. The minimum Gasteiger partial charge on any atom is -0.498 e. The van der Waals surface area contributed by atoms with Gasteiger partial charge in [0.2, 0.25) is 0 Å². The highest BCUT2D eigenvalue weighted by Gasteiger charge is 2.26. The number of unbranched alkanes of at least 4 members (excludes halogenated alkanes) is 29. The Kier molecular flexibility index (Phi) is 38.3. The van der Waals surface area contributed by atoms with Crippen LogP contribution >= 0.6 is 7.82 Å². The van der Waals surface area contributed by atoms with E-state index in [0.717, 1.165) is 32.1 Å². The van der Waals surface area contributed by atoms with Crippen LogP contribution in [-0.4, -0.2) is 69.0 Å². The molecule has 0 spiro atoms. The van der Waals surface area contributed by atoms with Crippen LogP contribution in [0.15, 0.2) is 12.3 Å². The van der Waals surface area contributed by atoms with Gasteiger partial charge in [0.05, 0.1) is 34.0 Å². The third-order valence-electron chi connectivity index (χ3n) is 10.2. The monoisotopic (exact) mass is 789 g/mol. The molecule has 9 heteroatoms. The van der Waals surface area contributed by atoms with E-state index in [9.17, 15) is 14.3 Å². The van der Waals surface area contributed by atoms with E-state index in [-0.39, 0.29) is 25.8 Å². The molecule has 0 radical (unpaired) electrons. The maximum atomic E-state index is 12.7. The molecule has 0 aromatic rings. The minimum atomic E-state index is -4.28. The number of esters is 1. The van der Waals surface area contributed by atoms with Crippen LogP contribution in [-0.2, 0) is 27.9 Å². The van der Waals surface area contributed by atoms with Crippen LogP contribution in [0.5, 0.6) is 0 Å². The molecule has 0 heterocycles. The van der Waals surface area contributed by atoms with E-state index < -0.39 is 13.9 Å².